The quantitative estimate of drug-likeness (QED) is 0.895. The molecular weight excluding hydrogens is 232 g/mol. The van der Waals surface area contributed by atoms with Gasteiger partial charge in [0.1, 0.15) is 0 Å². The van der Waals surface area contributed by atoms with Crippen molar-refractivity contribution < 1.29 is 0 Å². The van der Waals surface area contributed by atoms with Gasteiger partial charge < -0.3 is 10.2 Å². The maximum absolute atomic E-state index is 3.60. The van der Waals surface area contributed by atoms with Crippen molar-refractivity contribution in [3.8, 4) is 0 Å². The highest BCUT2D eigenvalue weighted by molar-refractivity contribution is 5.30. The summed E-state index contributed by atoms with van der Waals surface area (Å²) in [6, 6.07) is 7.53. The van der Waals surface area contributed by atoms with Gasteiger partial charge in [0.25, 0.3) is 0 Å². The Hall–Kier alpha value is -0.860. The fourth-order valence-corrected chi connectivity index (χ4v) is 2.89. The molecular formula is C17H28N2. The van der Waals surface area contributed by atoms with Crippen molar-refractivity contribution in [2.24, 2.45) is 0 Å². The van der Waals surface area contributed by atoms with Crippen LogP contribution in [0.5, 0.6) is 0 Å². The van der Waals surface area contributed by atoms with Gasteiger partial charge >= 0.3 is 0 Å². The fourth-order valence-electron chi connectivity index (χ4n) is 2.89. The van der Waals surface area contributed by atoms with E-state index in [1.165, 1.54) is 23.1 Å². The Kier molecular flexibility index (Phi) is 4.32. The molecule has 1 aromatic carbocycles. The van der Waals surface area contributed by atoms with E-state index in [-0.39, 0.29) is 0 Å². The van der Waals surface area contributed by atoms with E-state index in [0.29, 0.717) is 11.6 Å². The van der Waals surface area contributed by atoms with Gasteiger partial charge in [0, 0.05) is 24.7 Å². The molecule has 106 valence electrons. The van der Waals surface area contributed by atoms with Gasteiger partial charge in [-0.3, -0.25) is 0 Å². The maximum Gasteiger partial charge on any atom is 0.0235 e. The first-order valence-corrected chi connectivity index (χ1v) is 7.39. The number of hydrogen-bond acceptors (Lipinski definition) is 2. The highest BCUT2D eigenvalue weighted by Gasteiger charge is 2.32. The summed E-state index contributed by atoms with van der Waals surface area (Å²) >= 11 is 0. The molecule has 1 aliphatic heterocycles. The molecule has 1 aliphatic rings. The van der Waals surface area contributed by atoms with Gasteiger partial charge in [-0.1, -0.05) is 18.2 Å². The minimum atomic E-state index is 0.305. The molecule has 0 saturated carbocycles. The zero-order valence-corrected chi connectivity index (χ0v) is 13.1. The molecule has 0 spiro atoms. The Labute approximate surface area is 118 Å². The third-order valence-electron chi connectivity index (χ3n) is 4.51. The van der Waals surface area contributed by atoms with Crippen molar-refractivity contribution in [1.29, 1.82) is 0 Å². The van der Waals surface area contributed by atoms with Crippen molar-refractivity contribution in [2.75, 3.05) is 20.1 Å². The van der Waals surface area contributed by atoms with Gasteiger partial charge in [0.05, 0.1) is 0 Å². The number of benzene rings is 1. The monoisotopic (exact) mass is 260 g/mol. The number of rotatable bonds is 4. The Morgan fingerprint density at radius 3 is 2.58 bits per heavy atom. The lowest BCUT2D eigenvalue weighted by Gasteiger charge is -2.25. The second kappa shape index (κ2) is 5.64. The molecule has 0 aromatic heterocycles. The lowest BCUT2D eigenvalue weighted by atomic mass is 10.0. The topological polar surface area (TPSA) is 15.3 Å². The summed E-state index contributed by atoms with van der Waals surface area (Å²) in [5.74, 6) is 0. The van der Waals surface area contributed by atoms with Crippen LogP contribution in [0.1, 0.15) is 37.0 Å². The van der Waals surface area contributed by atoms with Crippen molar-refractivity contribution in [1.82, 2.24) is 10.2 Å². The summed E-state index contributed by atoms with van der Waals surface area (Å²) in [6.07, 6.45) is 2.39. The third-order valence-corrected chi connectivity index (χ3v) is 4.51. The van der Waals surface area contributed by atoms with Gasteiger partial charge in [-0.2, -0.15) is 0 Å². The lowest BCUT2D eigenvalue weighted by Crippen LogP contribution is -2.34. The number of nitrogens with one attached hydrogen (secondary N) is 1. The Balaban J connectivity index is 1.86. The predicted molar refractivity (Wildman–Crippen MR) is 82.7 cm³/mol. The van der Waals surface area contributed by atoms with E-state index in [4.69, 9.17) is 0 Å². The summed E-state index contributed by atoms with van der Waals surface area (Å²) in [7, 11) is 2.26. The normalized spacial score (nSPS) is 22.1. The summed E-state index contributed by atoms with van der Waals surface area (Å²) < 4.78 is 0. The van der Waals surface area contributed by atoms with Crippen LogP contribution in [0.15, 0.2) is 18.2 Å². The standard InChI is InChI=1S/C17H28N2/c1-13-6-7-15(10-14(13)2)8-9-19(5)16-11-17(3,4)18-12-16/h6-7,10,16,18H,8-9,11-12H2,1-5H3. The van der Waals surface area contributed by atoms with Crippen molar-refractivity contribution >= 4 is 0 Å². The molecule has 2 nitrogen and oxygen atoms in total. The molecule has 0 radical (unpaired) electrons. The van der Waals surface area contributed by atoms with Crippen LogP contribution in [-0.4, -0.2) is 36.6 Å². The molecule has 2 heteroatoms. The van der Waals surface area contributed by atoms with Gasteiger partial charge in [0.2, 0.25) is 0 Å². The first-order valence-electron chi connectivity index (χ1n) is 7.39. The fraction of sp³-hybridized carbons (Fsp3) is 0.647. The molecule has 1 saturated heterocycles. The minimum absolute atomic E-state index is 0.305. The summed E-state index contributed by atoms with van der Waals surface area (Å²) in [4.78, 5) is 2.51. The molecule has 19 heavy (non-hydrogen) atoms. The lowest BCUT2D eigenvalue weighted by molar-refractivity contribution is 0.251. The molecule has 1 atom stereocenters. The van der Waals surface area contributed by atoms with Crippen molar-refractivity contribution in [2.45, 2.75) is 52.1 Å². The molecule has 1 fully saturated rings. The highest BCUT2D eigenvalue weighted by Crippen LogP contribution is 2.21. The number of likely N-dealkylation sites (N-methyl/N-ethyl adjacent to an activating group) is 1. The third kappa shape index (κ3) is 3.80. The number of aryl methyl sites for hydroxylation is 2. The average Bonchev–Trinajstić information content (AvgIpc) is 2.71. The summed E-state index contributed by atoms with van der Waals surface area (Å²) in [5, 5.41) is 3.60. The zero-order valence-electron chi connectivity index (χ0n) is 13.1. The highest BCUT2D eigenvalue weighted by atomic mass is 15.2. The number of nitrogens with zero attached hydrogens (tertiary/aromatic N) is 1. The van der Waals surface area contributed by atoms with Gasteiger partial charge in [-0.15, -0.1) is 0 Å². The molecule has 1 heterocycles. The van der Waals surface area contributed by atoms with Crippen LogP contribution in [0, 0.1) is 13.8 Å². The minimum Gasteiger partial charge on any atom is -0.310 e. The maximum atomic E-state index is 3.60. The van der Waals surface area contributed by atoms with Crippen molar-refractivity contribution in [3.05, 3.63) is 34.9 Å². The summed E-state index contributed by atoms with van der Waals surface area (Å²) in [5.41, 5.74) is 4.56. The molecule has 1 N–H and O–H groups in total. The Morgan fingerprint density at radius 2 is 2.00 bits per heavy atom. The molecule has 1 unspecified atom stereocenters. The Bertz CT molecular complexity index is 437. The van der Waals surface area contributed by atoms with Gasteiger partial charge in [0.15, 0.2) is 0 Å². The SMILES string of the molecule is Cc1ccc(CCN(C)C2CNC(C)(C)C2)cc1C. The van der Waals surface area contributed by atoms with E-state index in [1.807, 2.05) is 0 Å². The van der Waals surface area contributed by atoms with Crippen LogP contribution >= 0.6 is 0 Å². The van der Waals surface area contributed by atoms with Crippen LogP contribution in [0.3, 0.4) is 0 Å². The molecule has 0 aliphatic carbocycles. The molecule has 1 aromatic rings. The second-order valence-electron chi connectivity index (χ2n) is 6.77. The number of hydrogen-bond donors (Lipinski definition) is 1. The van der Waals surface area contributed by atoms with E-state index in [9.17, 15) is 0 Å². The van der Waals surface area contributed by atoms with Crippen LogP contribution in [0.4, 0.5) is 0 Å². The van der Waals surface area contributed by atoms with E-state index in [1.54, 1.807) is 0 Å². The first-order chi connectivity index (χ1) is 8.87. The van der Waals surface area contributed by atoms with E-state index in [0.717, 1.165) is 19.5 Å². The van der Waals surface area contributed by atoms with Gasteiger partial charge in [-0.25, -0.2) is 0 Å². The molecule has 0 amide bonds. The van der Waals surface area contributed by atoms with E-state index in [2.05, 4.69) is 63.2 Å². The van der Waals surface area contributed by atoms with Crippen molar-refractivity contribution in [3.63, 3.8) is 0 Å². The Morgan fingerprint density at radius 1 is 1.26 bits per heavy atom. The summed E-state index contributed by atoms with van der Waals surface area (Å²) in [6.45, 7) is 11.2. The molecule has 0 bridgehead atoms. The second-order valence-corrected chi connectivity index (χ2v) is 6.77. The van der Waals surface area contributed by atoms with Crippen LogP contribution in [0.2, 0.25) is 0 Å². The largest absolute Gasteiger partial charge is 0.310 e. The zero-order chi connectivity index (χ0) is 14.0. The molecule has 2 rings (SSSR count). The predicted octanol–water partition coefficient (Wildman–Crippen LogP) is 2.92. The van der Waals surface area contributed by atoms with Crippen LogP contribution in [0.25, 0.3) is 0 Å². The first kappa shape index (κ1) is 14.5. The van der Waals surface area contributed by atoms with E-state index >= 15 is 0 Å². The van der Waals surface area contributed by atoms with Crippen LogP contribution < -0.4 is 5.32 Å². The van der Waals surface area contributed by atoms with E-state index < -0.39 is 0 Å². The van der Waals surface area contributed by atoms with Crippen LogP contribution in [-0.2, 0) is 6.42 Å². The van der Waals surface area contributed by atoms with Gasteiger partial charge in [-0.05, 0) is 64.3 Å². The average molecular weight is 260 g/mol. The smallest absolute Gasteiger partial charge is 0.0235 e.